The number of benzene rings is 2. The molecule has 2 aromatic carbocycles. The summed E-state index contributed by atoms with van der Waals surface area (Å²) in [5.41, 5.74) is 0.586. The van der Waals surface area contributed by atoms with Crippen molar-refractivity contribution in [3.63, 3.8) is 0 Å². The van der Waals surface area contributed by atoms with Gasteiger partial charge in [0.1, 0.15) is 0 Å². The first kappa shape index (κ1) is 17.5. The van der Waals surface area contributed by atoms with Crippen molar-refractivity contribution in [2.75, 3.05) is 11.9 Å². The van der Waals surface area contributed by atoms with Gasteiger partial charge >= 0.3 is 12.1 Å². The van der Waals surface area contributed by atoms with Crippen LogP contribution in [0.1, 0.15) is 21.5 Å². The van der Waals surface area contributed by atoms with Crippen molar-refractivity contribution in [1.82, 2.24) is 0 Å². The van der Waals surface area contributed by atoms with Gasteiger partial charge in [-0.2, -0.15) is 13.2 Å². The summed E-state index contributed by atoms with van der Waals surface area (Å²) in [5, 5.41) is 2.55. The first-order valence-corrected chi connectivity index (χ1v) is 6.96. The van der Waals surface area contributed by atoms with Crippen molar-refractivity contribution in [2.45, 2.75) is 13.1 Å². The van der Waals surface area contributed by atoms with Crippen molar-refractivity contribution in [3.8, 4) is 0 Å². The summed E-state index contributed by atoms with van der Waals surface area (Å²) < 4.78 is 42.1. The molecular weight excluding hydrogens is 323 g/mol. The monoisotopic (exact) mass is 337 g/mol. The van der Waals surface area contributed by atoms with Crippen LogP contribution in [0.5, 0.6) is 0 Å². The quantitative estimate of drug-likeness (QED) is 0.863. The second-order valence-corrected chi connectivity index (χ2v) is 5.07. The highest BCUT2D eigenvalue weighted by atomic mass is 19.4. The van der Waals surface area contributed by atoms with E-state index in [2.05, 4.69) is 5.32 Å². The number of aryl methyl sites for hydroxylation is 1. The Labute approximate surface area is 136 Å². The van der Waals surface area contributed by atoms with E-state index in [-0.39, 0.29) is 5.56 Å². The number of anilines is 1. The van der Waals surface area contributed by atoms with Crippen molar-refractivity contribution in [1.29, 1.82) is 0 Å². The predicted octanol–water partition coefficient (Wildman–Crippen LogP) is 3.81. The van der Waals surface area contributed by atoms with Crippen LogP contribution >= 0.6 is 0 Å². The predicted molar refractivity (Wildman–Crippen MR) is 81.5 cm³/mol. The fraction of sp³-hybridized carbons (Fsp3) is 0.176. The van der Waals surface area contributed by atoms with E-state index in [1.54, 1.807) is 18.2 Å². The zero-order chi connectivity index (χ0) is 17.7. The smallest absolute Gasteiger partial charge is 0.416 e. The third kappa shape index (κ3) is 4.84. The van der Waals surface area contributed by atoms with Crippen molar-refractivity contribution < 1.29 is 27.5 Å². The third-order valence-corrected chi connectivity index (χ3v) is 3.08. The van der Waals surface area contributed by atoms with Crippen molar-refractivity contribution in [2.24, 2.45) is 0 Å². The molecule has 0 unspecified atom stereocenters. The molecule has 2 rings (SSSR count). The number of halogens is 3. The Morgan fingerprint density at radius 2 is 1.75 bits per heavy atom. The summed E-state index contributed by atoms with van der Waals surface area (Å²) in [7, 11) is 0. The van der Waals surface area contributed by atoms with Gasteiger partial charge in [-0.1, -0.05) is 12.1 Å². The maximum atomic E-state index is 12.4. The molecule has 0 aromatic heterocycles. The van der Waals surface area contributed by atoms with Crippen LogP contribution in [-0.4, -0.2) is 18.5 Å². The molecule has 126 valence electrons. The van der Waals surface area contributed by atoms with E-state index in [1.165, 1.54) is 0 Å². The molecule has 0 aliphatic rings. The molecule has 0 bridgehead atoms. The topological polar surface area (TPSA) is 55.4 Å². The lowest BCUT2D eigenvalue weighted by molar-refractivity contribution is -0.137. The highest BCUT2D eigenvalue weighted by Crippen LogP contribution is 2.29. The van der Waals surface area contributed by atoms with Crippen LogP contribution in [0.3, 0.4) is 0 Å². The van der Waals surface area contributed by atoms with E-state index in [9.17, 15) is 22.8 Å². The standard InChI is InChI=1S/C17H14F3NO3/c1-11-3-2-4-14(9-11)21-15(22)10-24-16(23)12-5-7-13(8-6-12)17(18,19)20/h2-9H,10H2,1H3,(H,21,22). The number of rotatable bonds is 4. The van der Waals surface area contributed by atoms with Gasteiger partial charge in [0.2, 0.25) is 0 Å². The van der Waals surface area contributed by atoms with Gasteiger partial charge in [-0.15, -0.1) is 0 Å². The van der Waals surface area contributed by atoms with Crippen LogP contribution in [0.25, 0.3) is 0 Å². The molecule has 0 atom stereocenters. The highest BCUT2D eigenvalue weighted by molar-refractivity contribution is 5.95. The first-order chi connectivity index (χ1) is 11.3. The first-order valence-electron chi connectivity index (χ1n) is 6.96. The zero-order valence-electron chi connectivity index (χ0n) is 12.7. The second kappa shape index (κ2) is 7.16. The highest BCUT2D eigenvalue weighted by Gasteiger charge is 2.30. The van der Waals surface area contributed by atoms with Crippen LogP contribution in [-0.2, 0) is 15.7 Å². The molecule has 1 N–H and O–H groups in total. The molecular formula is C17H14F3NO3. The van der Waals surface area contributed by atoms with E-state index < -0.39 is 30.2 Å². The minimum atomic E-state index is -4.48. The molecule has 0 aliphatic carbocycles. The largest absolute Gasteiger partial charge is 0.452 e. The lowest BCUT2D eigenvalue weighted by Gasteiger charge is -2.09. The molecule has 4 nitrogen and oxygen atoms in total. The average Bonchev–Trinajstić information content (AvgIpc) is 2.52. The summed E-state index contributed by atoms with van der Waals surface area (Å²) in [6.45, 7) is 1.33. The SMILES string of the molecule is Cc1cccc(NC(=O)COC(=O)c2ccc(C(F)(F)F)cc2)c1. The minimum Gasteiger partial charge on any atom is -0.452 e. The molecule has 0 saturated carbocycles. The van der Waals surface area contributed by atoms with E-state index in [4.69, 9.17) is 4.74 Å². The van der Waals surface area contributed by atoms with Crippen LogP contribution in [0.4, 0.5) is 18.9 Å². The van der Waals surface area contributed by atoms with Crippen LogP contribution in [0.15, 0.2) is 48.5 Å². The number of hydrogen-bond acceptors (Lipinski definition) is 3. The molecule has 0 aliphatic heterocycles. The summed E-state index contributed by atoms with van der Waals surface area (Å²) >= 11 is 0. The van der Waals surface area contributed by atoms with Gasteiger partial charge in [0.15, 0.2) is 6.61 Å². The molecule has 1 amide bonds. The number of amides is 1. The van der Waals surface area contributed by atoms with Gasteiger partial charge in [0.25, 0.3) is 5.91 Å². The minimum absolute atomic E-state index is 0.0636. The normalized spacial score (nSPS) is 11.0. The molecule has 7 heteroatoms. The Morgan fingerprint density at radius 3 is 2.33 bits per heavy atom. The number of esters is 1. The van der Waals surface area contributed by atoms with E-state index in [1.807, 2.05) is 13.0 Å². The summed E-state index contributed by atoms with van der Waals surface area (Å²) in [6.07, 6.45) is -4.48. The molecule has 0 spiro atoms. The van der Waals surface area contributed by atoms with Crippen molar-refractivity contribution in [3.05, 3.63) is 65.2 Å². The second-order valence-electron chi connectivity index (χ2n) is 5.07. The van der Waals surface area contributed by atoms with Gasteiger partial charge in [-0.05, 0) is 48.9 Å². The van der Waals surface area contributed by atoms with E-state index in [0.29, 0.717) is 5.69 Å². The van der Waals surface area contributed by atoms with E-state index >= 15 is 0 Å². The number of hydrogen-bond donors (Lipinski definition) is 1. The molecule has 0 fully saturated rings. The average molecular weight is 337 g/mol. The Morgan fingerprint density at radius 1 is 1.08 bits per heavy atom. The van der Waals surface area contributed by atoms with Gasteiger partial charge in [-0.25, -0.2) is 4.79 Å². The Kier molecular flexibility index (Phi) is 5.23. The summed E-state index contributed by atoms with van der Waals surface area (Å²) in [4.78, 5) is 23.4. The summed E-state index contributed by atoms with van der Waals surface area (Å²) in [6, 6.07) is 10.6. The zero-order valence-corrected chi connectivity index (χ0v) is 12.7. The fourth-order valence-electron chi connectivity index (χ4n) is 1.93. The molecule has 0 saturated heterocycles. The number of nitrogens with one attached hydrogen (secondary N) is 1. The molecule has 24 heavy (non-hydrogen) atoms. The Bertz CT molecular complexity index is 739. The number of carbonyl (C=O) groups excluding carboxylic acids is 2. The summed E-state index contributed by atoms with van der Waals surface area (Å²) in [5.74, 6) is -1.41. The van der Waals surface area contributed by atoms with E-state index in [0.717, 1.165) is 29.8 Å². The Hall–Kier alpha value is -2.83. The van der Waals surface area contributed by atoms with Crippen LogP contribution in [0.2, 0.25) is 0 Å². The van der Waals surface area contributed by atoms with Gasteiger partial charge in [0.05, 0.1) is 11.1 Å². The van der Waals surface area contributed by atoms with Crippen LogP contribution < -0.4 is 5.32 Å². The Balaban J connectivity index is 1.89. The lowest BCUT2D eigenvalue weighted by Crippen LogP contribution is -2.21. The molecule has 0 radical (unpaired) electrons. The molecule has 0 heterocycles. The van der Waals surface area contributed by atoms with Crippen molar-refractivity contribution >= 4 is 17.6 Å². The van der Waals surface area contributed by atoms with Crippen LogP contribution in [0, 0.1) is 6.92 Å². The van der Waals surface area contributed by atoms with Gasteiger partial charge in [-0.3, -0.25) is 4.79 Å². The number of carbonyl (C=O) groups is 2. The molecule has 2 aromatic rings. The lowest BCUT2D eigenvalue weighted by atomic mass is 10.1. The maximum Gasteiger partial charge on any atom is 0.416 e. The number of ether oxygens (including phenoxy) is 1. The number of alkyl halides is 3. The van der Waals surface area contributed by atoms with Gasteiger partial charge in [0, 0.05) is 5.69 Å². The van der Waals surface area contributed by atoms with Gasteiger partial charge < -0.3 is 10.1 Å². The maximum absolute atomic E-state index is 12.4. The fourth-order valence-corrected chi connectivity index (χ4v) is 1.93. The third-order valence-electron chi connectivity index (χ3n) is 3.08.